The summed E-state index contributed by atoms with van der Waals surface area (Å²) in [6.07, 6.45) is 0. The standard InChI is InChI=1S/C24H22N4OS2/c1-16-7-6-8-18(13-16)23-26-27-24(30)28(23)15-22(29)25-21-12-11-20(14-17(21)2)31-19-9-4-3-5-10-19/h3-14H,15H2,1-2H3,(H,25,29)(H,27,30). The zero-order chi connectivity index (χ0) is 21.8. The molecule has 0 radical (unpaired) electrons. The molecular formula is C24H22N4OS2. The van der Waals surface area contributed by atoms with E-state index >= 15 is 0 Å². The van der Waals surface area contributed by atoms with Crippen molar-refractivity contribution >= 4 is 35.6 Å². The van der Waals surface area contributed by atoms with Gasteiger partial charge in [-0.05, 0) is 68.0 Å². The smallest absolute Gasteiger partial charge is 0.244 e. The lowest BCUT2D eigenvalue weighted by molar-refractivity contribution is -0.116. The first-order valence-corrected chi connectivity index (χ1v) is 11.1. The van der Waals surface area contributed by atoms with Crippen molar-refractivity contribution in [2.45, 2.75) is 30.2 Å². The van der Waals surface area contributed by atoms with Crippen LogP contribution in [0.25, 0.3) is 11.4 Å². The van der Waals surface area contributed by atoms with E-state index in [2.05, 4.69) is 33.7 Å². The summed E-state index contributed by atoms with van der Waals surface area (Å²) < 4.78 is 2.13. The molecule has 0 spiro atoms. The maximum absolute atomic E-state index is 12.8. The van der Waals surface area contributed by atoms with Gasteiger partial charge in [0, 0.05) is 21.0 Å². The third kappa shape index (κ3) is 5.13. The molecule has 0 aliphatic rings. The molecule has 0 aliphatic heterocycles. The highest BCUT2D eigenvalue weighted by molar-refractivity contribution is 7.99. The number of hydrogen-bond acceptors (Lipinski definition) is 4. The van der Waals surface area contributed by atoms with Crippen LogP contribution in [-0.4, -0.2) is 20.7 Å². The predicted octanol–water partition coefficient (Wildman–Crippen LogP) is 6.01. The van der Waals surface area contributed by atoms with Crippen LogP contribution in [0.5, 0.6) is 0 Å². The second kappa shape index (κ2) is 9.32. The molecule has 31 heavy (non-hydrogen) atoms. The molecule has 1 amide bonds. The Morgan fingerprint density at radius 2 is 1.84 bits per heavy atom. The Bertz CT molecular complexity index is 1280. The van der Waals surface area contributed by atoms with E-state index in [4.69, 9.17) is 12.2 Å². The van der Waals surface area contributed by atoms with Crippen LogP contribution >= 0.6 is 24.0 Å². The van der Waals surface area contributed by atoms with E-state index in [1.54, 1.807) is 16.3 Å². The van der Waals surface area contributed by atoms with E-state index in [0.717, 1.165) is 27.3 Å². The largest absolute Gasteiger partial charge is 0.324 e. The normalized spacial score (nSPS) is 10.8. The van der Waals surface area contributed by atoms with E-state index in [1.165, 1.54) is 4.90 Å². The van der Waals surface area contributed by atoms with Crippen LogP contribution in [0.15, 0.2) is 82.6 Å². The summed E-state index contributed by atoms with van der Waals surface area (Å²) in [4.78, 5) is 15.1. The van der Waals surface area contributed by atoms with Gasteiger partial charge in [-0.3, -0.25) is 14.5 Å². The zero-order valence-electron chi connectivity index (χ0n) is 17.3. The van der Waals surface area contributed by atoms with Gasteiger partial charge in [-0.25, -0.2) is 0 Å². The first-order chi connectivity index (χ1) is 15.0. The summed E-state index contributed by atoms with van der Waals surface area (Å²) >= 11 is 7.05. The molecule has 0 unspecified atom stereocenters. The van der Waals surface area contributed by atoms with Crippen LogP contribution in [-0.2, 0) is 11.3 Å². The lowest BCUT2D eigenvalue weighted by atomic mass is 10.1. The minimum absolute atomic E-state index is 0.0819. The van der Waals surface area contributed by atoms with Crippen molar-refractivity contribution in [2.24, 2.45) is 0 Å². The maximum atomic E-state index is 12.8. The van der Waals surface area contributed by atoms with Crippen LogP contribution in [0.3, 0.4) is 0 Å². The monoisotopic (exact) mass is 446 g/mol. The van der Waals surface area contributed by atoms with Crippen LogP contribution < -0.4 is 5.32 Å². The molecule has 1 heterocycles. The summed E-state index contributed by atoms with van der Waals surface area (Å²) in [5.41, 5.74) is 3.82. The number of rotatable bonds is 6. The number of nitrogens with zero attached hydrogens (tertiary/aromatic N) is 2. The molecule has 0 bridgehead atoms. The summed E-state index contributed by atoms with van der Waals surface area (Å²) in [6, 6.07) is 24.2. The van der Waals surface area contributed by atoms with E-state index in [0.29, 0.717) is 10.6 Å². The number of amides is 1. The van der Waals surface area contributed by atoms with Crippen LogP contribution in [0, 0.1) is 18.6 Å². The fourth-order valence-corrected chi connectivity index (χ4v) is 4.40. The van der Waals surface area contributed by atoms with Gasteiger partial charge in [-0.15, -0.1) is 0 Å². The average molecular weight is 447 g/mol. The van der Waals surface area contributed by atoms with Crippen LogP contribution in [0.1, 0.15) is 11.1 Å². The zero-order valence-corrected chi connectivity index (χ0v) is 18.9. The quantitative estimate of drug-likeness (QED) is 0.356. The summed E-state index contributed by atoms with van der Waals surface area (Å²) in [5, 5.41) is 10.1. The van der Waals surface area contributed by atoms with Crippen molar-refractivity contribution in [3.05, 3.63) is 88.7 Å². The van der Waals surface area contributed by atoms with Crippen molar-refractivity contribution in [1.82, 2.24) is 14.8 Å². The maximum Gasteiger partial charge on any atom is 0.244 e. The Labute approximate surface area is 190 Å². The first-order valence-electron chi connectivity index (χ1n) is 9.85. The number of nitrogens with one attached hydrogen (secondary N) is 2. The van der Waals surface area contributed by atoms with Gasteiger partial charge in [0.05, 0.1) is 0 Å². The Morgan fingerprint density at radius 3 is 2.58 bits per heavy atom. The predicted molar refractivity (Wildman–Crippen MR) is 128 cm³/mol. The molecule has 3 aromatic carbocycles. The van der Waals surface area contributed by atoms with Gasteiger partial charge in [0.1, 0.15) is 6.54 Å². The Balaban J connectivity index is 1.48. The number of aromatic amines is 1. The van der Waals surface area contributed by atoms with Gasteiger partial charge in [0.25, 0.3) is 0 Å². The van der Waals surface area contributed by atoms with Gasteiger partial charge >= 0.3 is 0 Å². The number of carbonyl (C=O) groups is 1. The molecule has 0 fully saturated rings. The topological polar surface area (TPSA) is 62.7 Å². The number of anilines is 1. The molecule has 0 atom stereocenters. The number of carbonyl (C=O) groups excluding carboxylic acids is 1. The highest BCUT2D eigenvalue weighted by atomic mass is 32.2. The van der Waals surface area contributed by atoms with Gasteiger partial charge in [-0.2, -0.15) is 5.10 Å². The van der Waals surface area contributed by atoms with E-state index in [9.17, 15) is 4.79 Å². The summed E-state index contributed by atoms with van der Waals surface area (Å²) in [6.45, 7) is 4.09. The van der Waals surface area contributed by atoms with Crippen molar-refractivity contribution in [3.63, 3.8) is 0 Å². The molecule has 4 aromatic rings. The number of benzene rings is 3. The SMILES string of the molecule is Cc1cccc(-c2n[nH]c(=S)n2CC(=O)Nc2ccc(Sc3ccccc3)cc2C)c1. The Morgan fingerprint density at radius 1 is 1.03 bits per heavy atom. The highest BCUT2D eigenvalue weighted by Crippen LogP contribution is 2.30. The minimum Gasteiger partial charge on any atom is -0.324 e. The lowest BCUT2D eigenvalue weighted by Crippen LogP contribution is -2.20. The molecule has 1 aromatic heterocycles. The Kier molecular flexibility index (Phi) is 6.34. The first kappa shape index (κ1) is 21.1. The Hall–Kier alpha value is -3.16. The number of hydrogen-bond donors (Lipinski definition) is 2. The molecule has 2 N–H and O–H groups in total. The van der Waals surface area contributed by atoms with Gasteiger partial charge < -0.3 is 5.32 Å². The molecule has 4 rings (SSSR count). The molecule has 7 heteroatoms. The van der Waals surface area contributed by atoms with Gasteiger partial charge in [0.2, 0.25) is 5.91 Å². The highest BCUT2D eigenvalue weighted by Gasteiger charge is 2.13. The third-order valence-electron chi connectivity index (χ3n) is 4.79. The van der Waals surface area contributed by atoms with E-state index in [1.807, 2.05) is 68.4 Å². The van der Waals surface area contributed by atoms with E-state index in [-0.39, 0.29) is 12.5 Å². The molecular weight excluding hydrogens is 424 g/mol. The molecule has 5 nitrogen and oxygen atoms in total. The van der Waals surface area contributed by atoms with Crippen molar-refractivity contribution < 1.29 is 4.79 Å². The van der Waals surface area contributed by atoms with Gasteiger partial charge in [0.15, 0.2) is 10.6 Å². The average Bonchev–Trinajstić information content (AvgIpc) is 3.11. The van der Waals surface area contributed by atoms with Crippen molar-refractivity contribution in [3.8, 4) is 11.4 Å². The van der Waals surface area contributed by atoms with Crippen molar-refractivity contribution in [2.75, 3.05) is 5.32 Å². The second-order valence-corrected chi connectivity index (χ2v) is 8.78. The van der Waals surface area contributed by atoms with Crippen LogP contribution in [0.2, 0.25) is 0 Å². The number of aromatic nitrogens is 3. The van der Waals surface area contributed by atoms with Crippen molar-refractivity contribution in [1.29, 1.82) is 0 Å². The minimum atomic E-state index is -0.155. The molecule has 156 valence electrons. The summed E-state index contributed by atoms with van der Waals surface area (Å²) in [7, 11) is 0. The molecule has 0 aliphatic carbocycles. The fraction of sp³-hybridized carbons (Fsp3) is 0.125. The number of H-pyrrole nitrogens is 1. The molecule has 0 saturated carbocycles. The van der Waals surface area contributed by atoms with Gasteiger partial charge in [-0.1, -0.05) is 53.7 Å². The molecule has 0 saturated heterocycles. The third-order valence-corrected chi connectivity index (χ3v) is 6.10. The fourth-order valence-electron chi connectivity index (χ4n) is 3.27. The lowest BCUT2D eigenvalue weighted by Gasteiger charge is -2.12. The second-order valence-electron chi connectivity index (χ2n) is 7.25. The van der Waals surface area contributed by atoms with Crippen LogP contribution in [0.4, 0.5) is 5.69 Å². The number of aryl methyl sites for hydroxylation is 2. The van der Waals surface area contributed by atoms with E-state index < -0.39 is 0 Å². The summed E-state index contributed by atoms with van der Waals surface area (Å²) in [5.74, 6) is 0.494.